The van der Waals surface area contributed by atoms with Gasteiger partial charge in [-0.3, -0.25) is 4.79 Å². The molecule has 2 aromatic heterocycles. The first-order valence-electron chi connectivity index (χ1n) is 8.40. The first kappa shape index (κ1) is 16.7. The molecule has 4 aromatic rings. The second-order valence-corrected chi connectivity index (χ2v) is 6.11. The van der Waals surface area contributed by atoms with Gasteiger partial charge in [0.1, 0.15) is 23.8 Å². The summed E-state index contributed by atoms with van der Waals surface area (Å²) >= 11 is 0. The second-order valence-electron chi connectivity index (χ2n) is 6.11. The van der Waals surface area contributed by atoms with E-state index in [1.54, 1.807) is 35.3 Å². The van der Waals surface area contributed by atoms with Crippen LogP contribution in [0.3, 0.4) is 0 Å². The summed E-state index contributed by atoms with van der Waals surface area (Å²) in [6.45, 7) is 1.85. The lowest BCUT2D eigenvalue weighted by Gasteiger charge is -2.14. The van der Waals surface area contributed by atoms with Crippen molar-refractivity contribution in [3.8, 4) is 5.69 Å². The third-order valence-electron chi connectivity index (χ3n) is 4.31. The van der Waals surface area contributed by atoms with E-state index in [4.69, 9.17) is 4.42 Å². The minimum Gasteiger partial charge on any atom is -0.422 e. The molecule has 4 rings (SSSR count). The highest BCUT2D eigenvalue weighted by atomic mass is 16.4. The van der Waals surface area contributed by atoms with E-state index in [-0.39, 0.29) is 11.6 Å². The van der Waals surface area contributed by atoms with E-state index >= 15 is 0 Å². The molecule has 0 aliphatic rings. The number of carbonyl (C=O) groups is 1. The average Bonchev–Trinajstić information content (AvgIpc) is 3.22. The maximum absolute atomic E-state index is 12.6. The molecule has 0 spiro atoms. The number of aromatic nitrogens is 3. The summed E-state index contributed by atoms with van der Waals surface area (Å²) in [5, 5.41) is 7.61. The Balaban J connectivity index is 1.54. The third kappa shape index (κ3) is 3.35. The molecule has 2 aromatic carbocycles. The topological polar surface area (TPSA) is 90.0 Å². The molecule has 1 N–H and O–H groups in total. The highest BCUT2D eigenvalue weighted by Crippen LogP contribution is 2.17. The van der Waals surface area contributed by atoms with Gasteiger partial charge in [0, 0.05) is 5.39 Å². The van der Waals surface area contributed by atoms with Gasteiger partial charge in [-0.15, -0.1) is 0 Å². The molecule has 0 saturated heterocycles. The molecule has 0 aliphatic heterocycles. The first-order valence-corrected chi connectivity index (χ1v) is 8.40. The van der Waals surface area contributed by atoms with Crippen LogP contribution >= 0.6 is 0 Å². The van der Waals surface area contributed by atoms with E-state index in [9.17, 15) is 9.59 Å². The summed E-state index contributed by atoms with van der Waals surface area (Å²) in [5.41, 5.74) is 1.55. The predicted molar refractivity (Wildman–Crippen MR) is 99.7 cm³/mol. The normalized spacial score (nSPS) is 12.0. The zero-order chi connectivity index (χ0) is 18.8. The molecule has 2 heterocycles. The summed E-state index contributed by atoms with van der Waals surface area (Å²) in [6, 6.07) is 15.9. The Labute approximate surface area is 154 Å². The van der Waals surface area contributed by atoms with Gasteiger partial charge in [0.05, 0.1) is 11.7 Å². The molecule has 0 saturated carbocycles. The summed E-state index contributed by atoms with van der Waals surface area (Å²) < 4.78 is 6.87. The molecule has 1 atom stereocenters. The van der Waals surface area contributed by atoms with Gasteiger partial charge < -0.3 is 9.73 Å². The number of nitrogens with zero attached hydrogens (tertiary/aromatic N) is 3. The molecular formula is C20H16N4O3. The smallest absolute Gasteiger partial charge is 0.349 e. The van der Waals surface area contributed by atoms with Crippen molar-refractivity contribution in [3.05, 3.63) is 88.8 Å². The molecule has 0 aliphatic carbocycles. The number of hydrogen-bond acceptors (Lipinski definition) is 5. The lowest BCUT2D eigenvalue weighted by molar-refractivity contribution is 0.0936. The number of benzene rings is 2. The fraction of sp³-hybridized carbons (Fsp3) is 0.100. The summed E-state index contributed by atoms with van der Waals surface area (Å²) in [5.74, 6) is -0.470. The predicted octanol–water partition coefficient (Wildman–Crippen LogP) is 2.86. The van der Waals surface area contributed by atoms with Crippen molar-refractivity contribution in [1.29, 1.82) is 0 Å². The van der Waals surface area contributed by atoms with E-state index in [2.05, 4.69) is 15.4 Å². The quantitative estimate of drug-likeness (QED) is 0.565. The molecule has 27 heavy (non-hydrogen) atoms. The van der Waals surface area contributed by atoms with Crippen LogP contribution < -0.4 is 10.9 Å². The van der Waals surface area contributed by atoms with Gasteiger partial charge in [-0.1, -0.05) is 30.3 Å². The molecule has 134 valence electrons. The molecule has 0 radical (unpaired) electrons. The number of rotatable bonds is 4. The standard InChI is InChI=1S/C20H16N4O3/c1-13(14-6-8-16(9-7-14)24-12-21-11-22-24)23-19(25)17-10-15-4-2-3-5-18(15)27-20(17)26/h2-13H,1H3,(H,23,25). The Morgan fingerprint density at radius 3 is 2.67 bits per heavy atom. The van der Waals surface area contributed by atoms with Crippen LogP contribution in [-0.4, -0.2) is 20.7 Å². The monoisotopic (exact) mass is 360 g/mol. The largest absolute Gasteiger partial charge is 0.422 e. The molecule has 7 nitrogen and oxygen atoms in total. The van der Waals surface area contributed by atoms with Crippen molar-refractivity contribution in [1.82, 2.24) is 20.1 Å². The number of amides is 1. The maximum atomic E-state index is 12.6. The van der Waals surface area contributed by atoms with Crippen molar-refractivity contribution in [2.24, 2.45) is 0 Å². The lowest BCUT2D eigenvalue weighted by Crippen LogP contribution is -2.30. The summed E-state index contributed by atoms with van der Waals surface area (Å²) in [4.78, 5) is 28.6. The molecular weight excluding hydrogens is 344 g/mol. The highest BCUT2D eigenvalue weighted by Gasteiger charge is 2.16. The van der Waals surface area contributed by atoms with Gasteiger partial charge in [0.15, 0.2) is 0 Å². The maximum Gasteiger partial charge on any atom is 0.349 e. The minimum absolute atomic E-state index is 0.0141. The highest BCUT2D eigenvalue weighted by molar-refractivity contribution is 5.96. The van der Waals surface area contributed by atoms with Crippen LogP contribution in [0.5, 0.6) is 0 Å². The van der Waals surface area contributed by atoms with Crippen LogP contribution in [0.2, 0.25) is 0 Å². The molecule has 1 unspecified atom stereocenters. The van der Waals surface area contributed by atoms with Gasteiger partial charge >= 0.3 is 5.63 Å². The van der Waals surface area contributed by atoms with Crippen molar-refractivity contribution in [3.63, 3.8) is 0 Å². The van der Waals surface area contributed by atoms with E-state index in [1.807, 2.05) is 37.3 Å². The first-order chi connectivity index (χ1) is 13.1. The number of hydrogen-bond donors (Lipinski definition) is 1. The van der Waals surface area contributed by atoms with Gasteiger partial charge in [-0.05, 0) is 36.8 Å². The van der Waals surface area contributed by atoms with Crippen LogP contribution in [0.1, 0.15) is 28.9 Å². The van der Waals surface area contributed by atoms with Crippen LogP contribution in [0.4, 0.5) is 0 Å². The van der Waals surface area contributed by atoms with Crippen molar-refractivity contribution in [2.75, 3.05) is 0 Å². The summed E-state index contributed by atoms with van der Waals surface area (Å²) in [7, 11) is 0. The Hall–Kier alpha value is -3.74. The minimum atomic E-state index is -0.653. The van der Waals surface area contributed by atoms with E-state index in [0.29, 0.717) is 11.0 Å². The number of nitrogens with one attached hydrogen (secondary N) is 1. The Morgan fingerprint density at radius 2 is 1.93 bits per heavy atom. The third-order valence-corrected chi connectivity index (χ3v) is 4.31. The molecule has 7 heteroatoms. The van der Waals surface area contributed by atoms with E-state index < -0.39 is 11.5 Å². The molecule has 1 amide bonds. The van der Waals surface area contributed by atoms with Crippen LogP contribution in [0.25, 0.3) is 16.7 Å². The van der Waals surface area contributed by atoms with Crippen LogP contribution in [0, 0.1) is 0 Å². The van der Waals surface area contributed by atoms with Gasteiger partial charge in [0.25, 0.3) is 5.91 Å². The number of carbonyl (C=O) groups excluding carboxylic acids is 1. The van der Waals surface area contributed by atoms with Gasteiger partial charge in [-0.2, -0.15) is 5.10 Å². The average molecular weight is 360 g/mol. The van der Waals surface area contributed by atoms with Crippen LogP contribution in [0.15, 0.2) is 76.5 Å². The summed E-state index contributed by atoms with van der Waals surface area (Å²) in [6.07, 6.45) is 3.07. The Morgan fingerprint density at radius 1 is 1.15 bits per heavy atom. The second kappa shape index (κ2) is 6.87. The fourth-order valence-electron chi connectivity index (χ4n) is 2.84. The Kier molecular flexibility index (Phi) is 4.25. The number of para-hydroxylation sites is 1. The van der Waals surface area contributed by atoms with E-state index in [0.717, 1.165) is 11.3 Å². The van der Waals surface area contributed by atoms with Gasteiger partial charge in [-0.25, -0.2) is 14.5 Å². The molecule has 0 fully saturated rings. The zero-order valence-corrected chi connectivity index (χ0v) is 14.5. The van der Waals surface area contributed by atoms with Crippen molar-refractivity contribution < 1.29 is 9.21 Å². The zero-order valence-electron chi connectivity index (χ0n) is 14.5. The molecule has 0 bridgehead atoms. The lowest BCUT2D eigenvalue weighted by atomic mass is 10.1. The van der Waals surface area contributed by atoms with Crippen LogP contribution in [-0.2, 0) is 0 Å². The fourth-order valence-corrected chi connectivity index (χ4v) is 2.84. The van der Waals surface area contributed by atoms with Crippen molar-refractivity contribution >= 4 is 16.9 Å². The van der Waals surface area contributed by atoms with Crippen molar-refractivity contribution in [2.45, 2.75) is 13.0 Å². The van der Waals surface area contributed by atoms with E-state index in [1.165, 1.54) is 6.33 Å². The SMILES string of the molecule is CC(NC(=O)c1cc2ccccc2oc1=O)c1ccc(-n2cncn2)cc1. The van der Waals surface area contributed by atoms with Gasteiger partial charge in [0.2, 0.25) is 0 Å². The number of fused-ring (bicyclic) bond motifs is 1. The Bertz CT molecular complexity index is 1150.